The van der Waals surface area contributed by atoms with E-state index in [1.807, 2.05) is 24.3 Å². The van der Waals surface area contributed by atoms with Gasteiger partial charge < -0.3 is 15.7 Å². The number of amides is 1. The first kappa shape index (κ1) is 12.6. The van der Waals surface area contributed by atoms with Crippen LogP contribution in [0.3, 0.4) is 0 Å². The maximum Gasteiger partial charge on any atom is 0.308 e. The molecule has 1 aliphatic heterocycles. The van der Waals surface area contributed by atoms with Crippen LogP contribution in [0, 0.1) is 5.92 Å². The molecule has 0 aromatic heterocycles. The highest BCUT2D eigenvalue weighted by molar-refractivity contribution is 5.99. The van der Waals surface area contributed by atoms with Crippen molar-refractivity contribution >= 4 is 17.6 Å². The summed E-state index contributed by atoms with van der Waals surface area (Å²) in [7, 11) is 0. The topological polar surface area (TPSA) is 83.6 Å². The largest absolute Gasteiger partial charge is 0.481 e. The number of benzene rings is 1. The van der Waals surface area contributed by atoms with Crippen molar-refractivity contribution in [2.45, 2.75) is 12.8 Å². The van der Waals surface area contributed by atoms with Gasteiger partial charge in [0.25, 0.3) is 0 Å². The molecular weight excluding hydrogens is 232 g/mol. The van der Waals surface area contributed by atoms with Crippen molar-refractivity contribution in [2.75, 3.05) is 18.0 Å². The smallest absolute Gasteiger partial charge is 0.308 e. The predicted molar refractivity (Wildman–Crippen MR) is 67.3 cm³/mol. The monoisotopic (exact) mass is 248 g/mol. The molecule has 18 heavy (non-hydrogen) atoms. The number of rotatable bonds is 4. The first-order valence-electron chi connectivity index (χ1n) is 5.94. The molecule has 1 atom stereocenters. The Hall–Kier alpha value is -1.88. The molecule has 96 valence electrons. The Labute approximate surface area is 105 Å². The molecule has 1 aromatic carbocycles. The van der Waals surface area contributed by atoms with E-state index in [4.69, 9.17) is 10.8 Å². The minimum atomic E-state index is -0.911. The summed E-state index contributed by atoms with van der Waals surface area (Å²) in [5, 5.41) is 8.92. The van der Waals surface area contributed by atoms with Crippen LogP contribution in [0.25, 0.3) is 0 Å². The van der Waals surface area contributed by atoms with Gasteiger partial charge in [-0.15, -0.1) is 0 Å². The maximum absolute atomic E-state index is 11.7. The Balaban J connectivity index is 2.12. The summed E-state index contributed by atoms with van der Waals surface area (Å²) in [6.45, 7) is 0.841. The Morgan fingerprint density at radius 2 is 2.06 bits per heavy atom. The normalized spacial score (nSPS) is 19.3. The minimum absolute atomic E-state index is 0.0832. The number of anilines is 1. The molecule has 0 aliphatic carbocycles. The molecule has 1 fully saturated rings. The van der Waals surface area contributed by atoms with Gasteiger partial charge in [0.15, 0.2) is 0 Å². The molecule has 2 rings (SSSR count). The maximum atomic E-state index is 11.7. The number of hydrogen-bond acceptors (Lipinski definition) is 3. The molecule has 1 saturated heterocycles. The highest BCUT2D eigenvalue weighted by atomic mass is 16.4. The standard InChI is InChI=1S/C13H16N2O3/c14-6-5-9-1-3-11(4-2-9)15-8-10(13(17)18)7-12(15)16/h1-4,10H,5-8,14H2,(H,17,18). The van der Waals surface area contributed by atoms with Crippen molar-refractivity contribution < 1.29 is 14.7 Å². The number of aliphatic carboxylic acids is 1. The van der Waals surface area contributed by atoms with Gasteiger partial charge in [-0.1, -0.05) is 12.1 Å². The van der Waals surface area contributed by atoms with Gasteiger partial charge in [-0.2, -0.15) is 0 Å². The first-order valence-corrected chi connectivity index (χ1v) is 5.94. The van der Waals surface area contributed by atoms with E-state index in [9.17, 15) is 9.59 Å². The summed E-state index contributed by atoms with van der Waals surface area (Å²) >= 11 is 0. The average Bonchev–Trinajstić information content (AvgIpc) is 2.73. The van der Waals surface area contributed by atoms with E-state index < -0.39 is 11.9 Å². The highest BCUT2D eigenvalue weighted by Crippen LogP contribution is 2.25. The summed E-state index contributed by atoms with van der Waals surface area (Å²) in [5.41, 5.74) is 7.33. The van der Waals surface area contributed by atoms with Crippen LogP contribution in [-0.2, 0) is 16.0 Å². The second-order valence-corrected chi connectivity index (χ2v) is 4.45. The summed E-state index contributed by atoms with van der Waals surface area (Å²) in [6.07, 6.45) is 0.881. The third-order valence-electron chi connectivity index (χ3n) is 3.16. The molecule has 1 amide bonds. The van der Waals surface area contributed by atoms with Crippen LogP contribution in [-0.4, -0.2) is 30.1 Å². The Kier molecular flexibility index (Phi) is 3.62. The van der Waals surface area contributed by atoms with Crippen LogP contribution < -0.4 is 10.6 Å². The van der Waals surface area contributed by atoms with Crippen LogP contribution in [0.2, 0.25) is 0 Å². The Morgan fingerprint density at radius 3 is 2.56 bits per heavy atom. The molecule has 1 aromatic rings. The molecule has 1 unspecified atom stereocenters. The molecule has 1 aliphatic rings. The second kappa shape index (κ2) is 5.18. The van der Waals surface area contributed by atoms with Crippen LogP contribution in [0.5, 0.6) is 0 Å². The second-order valence-electron chi connectivity index (χ2n) is 4.45. The molecule has 0 radical (unpaired) electrons. The van der Waals surface area contributed by atoms with E-state index in [1.54, 1.807) is 0 Å². The van der Waals surface area contributed by atoms with Gasteiger partial charge in [0, 0.05) is 18.7 Å². The highest BCUT2D eigenvalue weighted by Gasteiger charge is 2.34. The molecule has 0 saturated carbocycles. The molecule has 3 N–H and O–H groups in total. The van der Waals surface area contributed by atoms with Crippen molar-refractivity contribution in [2.24, 2.45) is 11.7 Å². The average molecular weight is 248 g/mol. The van der Waals surface area contributed by atoms with Crippen LogP contribution in [0.1, 0.15) is 12.0 Å². The number of carboxylic acid groups (broad SMARTS) is 1. The van der Waals surface area contributed by atoms with Gasteiger partial charge in [-0.3, -0.25) is 9.59 Å². The predicted octanol–water partition coefficient (Wildman–Crippen LogP) is 0.625. The van der Waals surface area contributed by atoms with E-state index >= 15 is 0 Å². The van der Waals surface area contributed by atoms with Gasteiger partial charge in [-0.05, 0) is 30.7 Å². The summed E-state index contributed by atoms with van der Waals surface area (Å²) in [5.74, 6) is -1.64. The quantitative estimate of drug-likeness (QED) is 0.818. The van der Waals surface area contributed by atoms with Crippen LogP contribution >= 0.6 is 0 Å². The fourth-order valence-electron chi connectivity index (χ4n) is 2.13. The van der Waals surface area contributed by atoms with E-state index in [2.05, 4.69) is 0 Å². The summed E-state index contributed by atoms with van der Waals surface area (Å²) in [6, 6.07) is 7.52. The molecular formula is C13H16N2O3. The van der Waals surface area contributed by atoms with E-state index in [1.165, 1.54) is 4.90 Å². The van der Waals surface area contributed by atoms with Crippen molar-refractivity contribution in [1.29, 1.82) is 0 Å². The molecule has 0 spiro atoms. The summed E-state index contributed by atoms with van der Waals surface area (Å²) in [4.78, 5) is 24.1. The fourth-order valence-corrected chi connectivity index (χ4v) is 2.13. The van der Waals surface area contributed by atoms with Crippen molar-refractivity contribution in [3.05, 3.63) is 29.8 Å². The third-order valence-corrected chi connectivity index (χ3v) is 3.16. The van der Waals surface area contributed by atoms with Crippen LogP contribution in [0.4, 0.5) is 5.69 Å². The van der Waals surface area contributed by atoms with E-state index in [-0.39, 0.29) is 18.9 Å². The van der Waals surface area contributed by atoms with Gasteiger partial charge in [0.05, 0.1) is 5.92 Å². The first-order chi connectivity index (χ1) is 8.61. The number of nitrogens with two attached hydrogens (primary N) is 1. The molecule has 5 heteroatoms. The van der Waals surface area contributed by atoms with Gasteiger partial charge >= 0.3 is 5.97 Å². The fraction of sp³-hybridized carbons (Fsp3) is 0.385. The molecule has 1 heterocycles. The van der Waals surface area contributed by atoms with Gasteiger partial charge in [0.2, 0.25) is 5.91 Å². The van der Waals surface area contributed by atoms with Gasteiger partial charge in [-0.25, -0.2) is 0 Å². The Morgan fingerprint density at radius 1 is 1.39 bits per heavy atom. The Bertz CT molecular complexity index is 456. The van der Waals surface area contributed by atoms with E-state index in [0.29, 0.717) is 6.54 Å². The number of hydrogen-bond donors (Lipinski definition) is 2. The van der Waals surface area contributed by atoms with Crippen molar-refractivity contribution in [3.63, 3.8) is 0 Å². The number of nitrogens with zero attached hydrogens (tertiary/aromatic N) is 1. The van der Waals surface area contributed by atoms with Crippen LogP contribution in [0.15, 0.2) is 24.3 Å². The SMILES string of the molecule is NCCc1ccc(N2CC(C(=O)O)CC2=O)cc1. The van der Waals surface area contributed by atoms with Gasteiger partial charge in [0.1, 0.15) is 0 Å². The molecule has 5 nitrogen and oxygen atoms in total. The zero-order chi connectivity index (χ0) is 13.1. The lowest BCUT2D eigenvalue weighted by atomic mass is 10.1. The number of carbonyl (C=O) groups excluding carboxylic acids is 1. The number of carboxylic acids is 1. The lowest BCUT2D eigenvalue weighted by Gasteiger charge is -2.16. The van der Waals surface area contributed by atoms with Crippen molar-refractivity contribution in [3.8, 4) is 0 Å². The van der Waals surface area contributed by atoms with Crippen molar-refractivity contribution in [1.82, 2.24) is 0 Å². The minimum Gasteiger partial charge on any atom is -0.481 e. The van der Waals surface area contributed by atoms with E-state index in [0.717, 1.165) is 17.7 Å². The number of carbonyl (C=O) groups is 2. The zero-order valence-corrected chi connectivity index (χ0v) is 10.0. The lowest BCUT2D eigenvalue weighted by molar-refractivity contribution is -0.141. The third kappa shape index (κ3) is 2.51. The summed E-state index contributed by atoms with van der Waals surface area (Å²) < 4.78 is 0. The zero-order valence-electron chi connectivity index (χ0n) is 10.0. The lowest BCUT2D eigenvalue weighted by Crippen LogP contribution is -2.25. The molecule has 0 bridgehead atoms.